The van der Waals surface area contributed by atoms with Gasteiger partial charge in [0.05, 0.1) is 0 Å². The van der Waals surface area contributed by atoms with Crippen LogP contribution in [0.1, 0.15) is 13.8 Å². The van der Waals surface area contributed by atoms with Gasteiger partial charge < -0.3 is 15.1 Å². The summed E-state index contributed by atoms with van der Waals surface area (Å²) in [7, 11) is 3.69. The predicted molar refractivity (Wildman–Crippen MR) is 72.8 cm³/mol. The van der Waals surface area contributed by atoms with Gasteiger partial charge in [0.25, 0.3) is 0 Å². The van der Waals surface area contributed by atoms with Crippen molar-refractivity contribution in [1.82, 2.24) is 9.88 Å². The van der Waals surface area contributed by atoms with Gasteiger partial charge in [0, 0.05) is 45.1 Å². The quantitative estimate of drug-likeness (QED) is 0.854. The Hall–Kier alpha value is -1.78. The molecule has 1 aromatic heterocycles. The van der Waals surface area contributed by atoms with Crippen LogP contribution in [0.4, 0.5) is 11.5 Å². The normalized spacial score (nSPS) is 19.0. The number of carbonyl (C=O) groups excluding carboxylic acids is 1. The van der Waals surface area contributed by atoms with E-state index < -0.39 is 5.54 Å². The monoisotopic (exact) mass is 248 g/mol. The van der Waals surface area contributed by atoms with E-state index in [0.717, 1.165) is 24.6 Å². The number of piperazine rings is 1. The van der Waals surface area contributed by atoms with Crippen LogP contribution in [0.3, 0.4) is 0 Å². The Morgan fingerprint density at radius 1 is 1.39 bits per heavy atom. The van der Waals surface area contributed by atoms with Gasteiger partial charge in [-0.25, -0.2) is 4.98 Å². The molecule has 0 bridgehead atoms. The molecule has 1 amide bonds. The molecular weight excluding hydrogens is 228 g/mol. The summed E-state index contributed by atoms with van der Waals surface area (Å²) in [6.07, 6.45) is 1.76. The fraction of sp³-hybridized carbons (Fsp3) is 0.538. The second-order valence-corrected chi connectivity index (χ2v) is 5.09. The van der Waals surface area contributed by atoms with Crippen LogP contribution in [0.5, 0.6) is 0 Å². The fourth-order valence-electron chi connectivity index (χ4n) is 2.39. The van der Waals surface area contributed by atoms with Gasteiger partial charge in [-0.1, -0.05) is 0 Å². The highest BCUT2D eigenvalue weighted by atomic mass is 16.2. The van der Waals surface area contributed by atoms with Crippen molar-refractivity contribution in [3.63, 3.8) is 0 Å². The van der Waals surface area contributed by atoms with Crippen molar-refractivity contribution in [2.45, 2.75) is 19.4 Å². The maximum Gasteiger partial charge on any atom is 0.247 e. The van der Waals surface area contributed by atoms with Gasteiger partial charge in [0.1, 0.15) is 11.4 Å². The van der Waals surface area contributed by atoms with E-state index in [4.69, 9.17) is 0 Å². The van der Waals surface area contributed by atoms with E-state index in [1.165, 1.54) is 0 Å². The molecule has 0 aliphatic carbocycles. The van der Waals surface area contributed by atoms with Crippen LogP contribution < -0.4 is 10.2 Å². The molecule has 1 fully saturated rings. The lowest BCUT2D eigenvalue weighted by Gasteiger charge is -2.46. The van der Waals surface area contributed by atoms with Gasteiger partial charge in [-0.05, 0) is 19.9 Å². The third kappa shape index (κ3) is 2.00. The molecule has 0 aromatic carbocycles. The summed E-state index contributed by atoms with van der Waals surface area (Å²) in [5.74, 6) is 0.964. The number of aromatic nitrogens is 1. The molecule has 0 spiro atoms. The first-order chi connectivity index (χ1) is 8.46. The molecule has 0 saturated carbocycles. The van der Waals surface area contributed by atoms with Crippen LogP contribution in [0, 0.1) is 0 Å². The highest BCUT2D eigenvalue weighted by molar-refractivity contribution is 5.90. The number of anilines is 2. The second-order valence-electron chi connectivity index (χ2n) is 5.09. The summed E-state index contributed by atoms with van der Waals surface area (Å²) in [5, 5.41) is 3.02. The Balaban J connectivity index is 2.34. The number of likely N-dealkylation sites (N-methyl/N-ethyl adjacent to an activating group) is 1. The second kappa shape index (κ2) is 4.48. The molecule has 1 saturated heterocycles. The SMILES string of the molecule is CNc1cc(N2CCN(C)C(=O)C2(C)C)ccn1. The Morgan fingerprint density at radius 2 is 2.11 bits per heavy atom. The Bertz CT molecular complexity index is 458. The lowest BCUT2D eigenvalue weighted by Crippen LogP contribution is -2.62. The van der Waals surface area contributed by atoms with E-state index in [1.807, 2.05) is 40.1 Å². The van der Waals surface area contributed by atoms with Crippen molar-refractivity contribution >= 4 is 17.4 Å². The number of nitrogens with one attached hydrogen (secondary N) is 1. The Labute approximate surface area is 108 Å². The Morgan fingerprint density at radius 3 is 2.78 bits per heavy atom. The minimum atomic E-state index is -0.515. The Kier molecular flexibility index (Phi) is 3.15. The fourth-order valence-corrected chi connectivity index (χ4v) is 2.39. The van der Waals surface area contributed by atoms with Crippen molar-refractivity contribution in [3.8, 4) is 0 Å². The van der Waals surface area contributed by atoms with Gasteiger partial charge in [-0.15, -0.1) is 0 Å². The zero-order valence-corrected chi connectivity index (χ0v) is 11.4. The molecule has 1 aliphatic heterocycles. The average Bonchev–Trinajstić information content (AvgIpc) is 2.36. The molecule has 0 unspecified atom stereocenters. The van der Waals surface area contributed by atoms with Gasteiger partial charge in [-0.2, -0.15) is 0 Å². The lowest BCUT2D eigenvalue weighted by atomic mass is 9.97. The molecule has 1 N–H and O–H groups in total. The van der Waals surface area contributed by atoms with E-state index in [0.29, 0.717) is 0 Å². The topological polar surface area (TPSA) is 48.5 Å². The molecule has 98 valence electrons. The van der Waals surface area contributed by atoms with Crippen LogP contribution in [0.2, 0.25) is 0 Å². The number of amides is 1. The van der Waals surface area contributed by atoms with Crippen molar-refractivity contribution in [1.29, 1.82) is 0 Å². The number of nitrogens with zero attached hydrogens (tertiary/aromatic N) is 3. The predicted octanol–water partition coefficient (Wildman–Crippen LogP) is 1.18. The minimum absolute atomic E-state index is 0.150. The van der Waals surface area contributed by atoms with Gasteiger partial charge in [0.15, 0.2) is 0 Å². The molecule has 0 radical (unpaired) electrons. The number of pyridine rings is 1. The van der Waals surface area contributed by atoms with Crippen LogP contribution in [0.25, 0.3) is 0 Å². The highest BCUT2D eigenvalue weighted by Gasteiger charge is 2.40. The zero-order chi connectivity index (χ0) is 13.3. The number of rotatable bonds is 2. The molecule has 1 aromatic rings. The average molecular weight is 248 g/mol. The summed E-state index contributed by atoms with van der Waals surface area (Å²) in [4.78, 5) is 20.4. The van der Waals surface area contributed by atoms with Gasteiger partial charge in [-0.3, -0.25) is 4.79 Å². The number of carbonyl (C=O) groups is 1. The van der Waals surface area contributed by atoms with Crippen LogP contribution in [-0.4, -0.2) is 48.5 Å². The zero-order valence-electron chi connectivity index (χ0n) is 11.4. The maximum atomic E-state index is 12.2. The first-order valence-electron chi connectivity index (χ1n) is 6.14. The number of hydrogen-bond donors (Lipinski definition) is 1. The molecule has 18 heavy (non-hydrogen) atoms. The van der Waals surface area contributed by atoms with E-state index >= 15 is 0 Å². The van der Waals surface area contributed by atoms with Gasteiger partial charge >= 0.3 is 0 Å². The summed E-state index contributed by atoms with van der Waals surface area (Å²) < 4.78 is 0. The van der Waals surface area contributed by atoms with Crippen molar-refractivity contribution in [3.05, 3.63) is 18.3 Å². The molecular formula is C13H20N4O. The molecule has 2 rings (SSSR count). The molecule has 2 heterocycles. The van der Waals surface area contributed by atoms with Crippen molar-refractivity contribution in [2.75, 3.05) is 37.4 Å². The largest absolute Gasteiger partial charge is 0.373 e. The minimum Gasteiger partial charge on any atom is -0.373 e. The summed E-state index contributed by atoms with van der Waals surface area (Å²) in [6, 6.07) is 3.92. The van der Waals surface area contributed by atoms with E-state index in [2.05, 4.69) is 15.2 Å². The molecule has 0 atom stereocenters. The van der Waals surface area contributed by atoms with Crippen LogP contribution in [-0.2, 0) is 4.79 Å². The first kappa shape index (κ1) is 12.7. The van der Waals surface area contributed by atoms with E-state index in [1.54, 1.807) is 11.1 Å². The smallest absolute Gasteiger partial charge is 0.247 e. The maximum absolute atomic E-state index is 12.2. The summed E-state index contributed by atoms with van der Waals surface area (Å²) in [5.41, 5.74) is 0.514. The molecule has 5 nitrogen and oxygen atoms in total. The summed E-state index contributed by atoms with van der Waals surface area (Å²) in [6.45, 7) is 5.51. The number of hydrogen-bond acceptors (Lipinski definition) is 4. The standard InChI is InChI=1S/C13H20N4O/c1-13(2)12(18)16(4)7-8-17(13)10-5-6-15-11(9-10)14-3/h5-6,9H,7-8H2,1-4H3,(H,14,15). The molecule has 5 heteroatoms. The van der Waals surface area contributed by atoms with Crippen molar-refractivity contribution < 1.29 is 4.79 Å². The van der Waals surface area contributed by atoms with Crippen molar-refractivity contribution in [2.24, 2.45) is 0 Å². The third-order valence-corrected chi connectivity index (χ3v) is 3.52. The summed E-state index contributed by atoms with van der Waals surface area (Å²) >= 11 is 0. The first-order valence-corrected chi connectivity index (χ1v) is 6.14. The van der Waals surface area contributed by atoms with Gasteiger partial charge in [0.2, 0.25) is 5.91 Å². The molecule has 1 aliphatic rings. The lowest BCUT2D eigenvalue weighted by molar-refractivity contribution is -0.136. The highest BCUT2D eigenvalue weighted by Crippen LogP contribution is 2.29. The van der Waals surface area contributed by atoms with Crippen LogP contribution >= 0.6 is 0 Å². The third-order valence-electron chi connectivity index (χ3n) is 3.52. The van der Waals surface area contributed by atoms with Crippen LogP contribution in [0.15, 0.2) is 18.3 Å². The van der Waals surface area contributed by atoms with E-state index in [9.17, 15) is 4.79 Å². The van der Waals surface area contributed by atoms with E-state index in [-0.39, 0.29) is 5.91 Å².